The third-order valence-electron chi connectivity index (χ3n) is 5.08. The highest BCUT2D eigenvalue weighted by Crippen LogP contribution is 2.43. The first-order valence-electron chi connectivity index (χ1n) is 9.62. The van der Waals surface area contributed by atoms with Gasteiger partial charge in [0, 0.05) is 23.7 Å². The van der Waals surface area contributed by atoms with Gasteiger partial charge in [-0.3, -0.25) is 9.59 Å². The molecule has 0 spiro atoms. The second-order valence-corrected chi connectivity index (χ2v) is 7.39. The Morgan fingerprint density at radius 3 is 2.75 bits per heavy atom. The van der Waals surface area contributed by atoms with Crippen LogP contribution >= 0.6 is 11.6 Å². The molecule has 2 unspecified atom stereocenters. The molecule has 0 radical (unpaired) electrons. The average Bonchev–Trinajstić information content (AvgIpc) is 2.71. The van der Waals surface area contributed by atoms with Gasteiger partial charge < -0.3 is 10.2 Å². The lowest BCUT2D eigenvalue weighted by molar-refractivity contribution is -0.124. The molecule has 3 rings (SSSR count). The lowest BCUT2D eigenvalue weighted by Crippen LogP contribution is -2.47. The Kier molecular flexibility index (Phi) is 6.53. The minimum Gasteiger partial charge on any atom is -0.352 e. The first-order chi connectivity index (χ1) is 13.6. The first kappa shape index (κ1) is 20.2. The van der Waals surface area contributed by atoms with E-state index in [1.807, 2.05) is 41.3 Å². The molecule has 1 aliphatic rings. The van der Waals surface area contributed by atoms with Crippen LogP contribution in [0.1, 0.15) is 53.2 Å². The second-order valence-electron chi connectivity index (χ2n) is 6.95. The van der Waals surface area contributed by atoms with Gasteiger partial charge in [0.25, 0.3) is 5.91 Å². The van der Waals surface area contributed by atoms with Crippen LogP contribution in [0.5, 0.6) is 0 Å². The third kappa shape index (κ3) is 3.97. The van der Waals surface area contributed by atoms with Crippen molar-refractivity contribution < 1.29 is 9.59 Å². The van der Waals surface area contributed by atoms with E-state index in [9.17, 15) is 9.59 Å². The number of amides is 2. The van der Waals surface area contributed by atoms with Crippen LogP contribution in [-0.4, -0.2) is 29.8 Å². The fourth-order valence-electron chi connectivity index (χ4n) is 3.79. The maximum Gasteiger partial charge on any atom is 0.254 e. The molecule has 28 heavy (non-hydrogen) atoms. The average molecular weight is 397 g/mol. The summed E-state index contributed by atoms with van der Waals surface area (Å²) in [4.78, 5) is 28.3. The van der Waals surface area contributed by atoms with Crippen LogP contribution in [0.2, 0.25) is 5.02 Å². The maximum absolute atomic E-state index is 13.3. The van der Waals surface area contributed by atoms with Crippen LogP contribution in [0.3, 0.4) is 0 Å². The molecule has 2 amide bonds. The van der Waals surface area contributed by atoms with Crippen LogP contribution in [-0.2, 0) is 4.79 Å². The Labute approximate surface area is 171 Å². The minimum absolute atomic E-state index is 0.0400. The molecule has 0 aromatic heterocycles. The summed E-state index contributed by atoms with van der Waals surface area (Å²) >= 11 is 6.25. The standard InChI is InChI=1S/C23H25ClN2O2/c1-3-5-14-26-21(16-9-8-10-17(24)15-16)20(22(27)25-13-4-2)18-11-6-7-12-19(18)23(26)28/h4,6-12,15,20-21H,2-3,5,13-14H2,1H3,(H,25,27). The summed E-state index contributed by atoms with van der Waals surface area (Å²) in [5, 5.41) is 3.51. The van der Waals surface area contributed by atoms with Crippen LogP contribution in [0, 0.1) is 0 Å². The quantitative estimate of drug-likeness (QED) is 0.688. The maximum atomic E-state index is 13.3. The summed E-state index contributed by atoms with van der Waals surface area (Å²) in [5.74, 6) is -0.669. The van der Waals surface area contributed by atoms with Gasteiger partial charge in [0.15, 0.2) is 0 Å². The van der Waals surface area contributed by atoms with Crippen molar-refractivity contribution in [2.24, 2.45) is 0 Å². The Bertz CT molecular complexity index is 880. The molecule has 146 valence electrons. The Morgan fingerprint density at radius 2 is 2.04 bits per heavy atom. The molecule has 1 N–H and O–H groups in total. The van der Waals surface area contributed by atoms with E-state index in [1.54, 1.807) is 18.2 Å². The second kappa shape index (κ2) is 9.07. The van der Waals surface area contributed by atoms with Crippen LogP contribution in [0.15, 0.2) is 61.2 Å². The van der Waals surface area contributed by atoms with Crippen LogP contribution in [0.4, 0.5) is 0 Å². The number of nitrogens with zero attached hydrogens (tertiary/aromatic N) is 1. The van der Waals surface area contributed by atoms with Gasteiger partial charge in [-0.25, -0.2) is 0 Å². The molecule has 2 aromatic rings. The van der Waals surface area contributed by atoms with Gasteiger partial charge in [-0.15, -0.1) is 6.58 Å². The molecule has 0 aliphatic carbocycles. The summed E-state index contributed by atoms with van der Waals surface area (Å²) in [5.41, 5.74) is 2.22. The number of hydrogen-bond donors (Lipinski definition) is 1. The molecule has 2 aromatic carbocycles. The third-order valence-corrected chi connectivity index (χ3v) is 5.32. The van der Waals surface area contributed by atoms with E-state index < -0.39 is 12.0 Å². The summed E-state index contributed by atoms with van der Waals surface area (Å²) in [6.45, 7) is 6.74. The van der Waals surface area contributed by atoms with Crippen molar-refractivity contribution >= 4 is 23.4 Å². The zero-order chi connectivity index (χ0) is 20.1. The SMILES string of the molecule is C=CCNC(=O)C1c2ccccc2C(=O)N(CCCC)C1c1cccc(Cl)c1. The molecule has 2 atom stereocenters. The number of benzene rings is 2. The lowest BCUT2D eigenvalue weighted by atomic mass is 9.79. The first-order valence-corrected chi connectivity index (χ1v) is 10.00. The van der Waals surface area contributed by atoms with Crippen LogP contribution < -0.4 is 5.32 Å². The summed E-state index contributed by atoms with van der Waals surface area (Å²) in [6, 6.07) is 14.4. The topological polar surface area (TPSA) is 49.4 Å². The Morgan fingerprint density at radius 1 is 1.25 bits per heavy atom. The Hall–Kier alpha value is -2.59. The van der Waals surface area contributed by atoms with Gasteiger partial charge in [-0.1, -0.05) is 61.4 Å². The Balaban J connectivity index is 2.16. The highest BCUT2D eigenvalue weighted by atomic mass is 35.5. The number of nitrogens with one attached hydrogen (secondary N) is 1. The van der Waals surface area contributed by atoms with Crippen LogP contribution in [0.25, 0.3) is 0 Å². The summed E-state index contributed by atoms with van der Waals surface area (Å²) in [6.07, 6.45) is 3.48. The molecule has 1 heterocycles. The summed E-state index contributed by atoms with van der Waals surface area (Å²) in [7, 11) is 0. The summed E-state index contributed by atoms with van der Waals surface area (Å²) < 4.78 is 0. The predicted octanol–water partition coefficient (Wildman–Crippen LogP) is 4.72. The van der Waals surface area contributed by atoms with E-state index in [2.05, 4.69) is 18.8 Å². The number of carbonyl (C=O) groups is 2. The number of unbranched alkanes of at least 4 members (excludes halogenated alkanes) is 1. The fourth-order valence-corrected chi connectivity index (χ4v) is 3.99. The normalized spacial score (nSPS) is 18.5. The number of fused-ring (bicyclic) bond motifs is 1. The smallest absolute Gasteiger partial charge is 0.254 e. The molecular weight excluding hydrogens is 372 g/mol. The monoisotopic (exact) mass is 396 g/mol. The van der Waals surface area contributed by atoms with Crippen molar-refractivity contribution in [2.45, 2.75) is 31.7 Å². The van der Waals surface area contributed by atoms with Gasteiger partial charge in [-0.2, -0.15) is 0 Å². The molecule has 0 saturated carbocycles. The highest BCUT2D eigenvalue weighted by molar-refractivity contribution is 6.30. The van der Waals surface area contributed by atoms with Crippen molar-refractivity contribution in [3.05, 3.63) is 82.9 Å². The molecular formula is C23H25ClN2O2. The van der Waals surface area contributed by atoms with Crippen molar-refractivity contribution in [2.75, 3.05) is 13.1 Å². The van der Waals surface area contributed by atoms with E-state index in [-0.39, 0.29) is 11.8 Å². The van der Waals surface area contributed by atoms with E-state index in [0.717, 1.165) is 24.0 Å². The van der Waals surface area contributed by atoms with E-state index >= 15 is 0 Å². The predicted molar refractivity (Wildman–Crippen MR) is 113 cm³/mol. The fraction of sp³-hybridized carbons (Fsp3) is 0.304. The minimum atomic E-state index is -0.510. The molecule has 0 saturated heterocycles. The van der Waals surface area contributed by atoms with Crippen molar-refractivity contribution in [1.29, 1.82) is 0 Å². The molecule has 5 heteroatoms. The lowest BCUT2D eigenvalue weighted by Gasteiger charge is -2.42. The van der Waals surface area contributed by atoms with E-state index in [1.165, 1.54) is 0 Å². The zero-order valence-corrected chi connectivity index (χ0v) is 16.8. The molecule has 4 nitrogen and oxygen atoms in total. The molecule has 0 fully saturated rings. The highest BCUT2D eigenvalue weighted by Gasteiger charge is 2.43. The number of carbonyl (C=O) groups excluding carboxylic acids is 2. The molecule has 1 aliphatic heterocycles. The molecule has 0 bridgehead atoms. The van der Waals surface area contributed by atoms with Crippen molar-refractivity contribution in [3.8, 4) is 0 Å². The van der Waals surface area contributed by atoms with Gasteiger partial charge in [0.1, 0.15) is 0 Å². The van der Waals surface area contributed by atoms with E-state index in [4.69, 9.17) is 11.6 Å². The van der Waals surface area contributed by atoms with Gasteiger partial charge in [0.05, 0.1) is 12.0 Å². The van der Waals surface area contributed by atoms with Crippen molar-refractivity contribution in [1.82, 2.24) is 10.2 Å². The zero-order valence-electron chi connectivity index (χ0n) is 16.0. The number of rotatable bonds is 7. The van der Waals surface area contributed by atoms with Gasteiger partial charge in [-0.05, 0) is 35.7 Å². The number of halogens is 1. The van der Waals surface area contributed by atoms with Crippen molar-refractivity contribution in [3.63, 3.8) is 0 Å². The number of hydrogen-bond acceptors (Lipinski definition) is 2. The largest absolute Gasteiger partial charge is 0.352 e. The van der Waals surface area contributed by atoms with Gasteiger partial charge >= 0.3 is 0 Å². The van der Waals surface area contributed by atoms with E-state index in [0.29, 0.717) is 23.7 Å². The van der Waals surface area contributed by atoms with Gasteiger partial charge in [0.2, 0.25) is 5.91 Å².